The van der Waals surface area contributed by atoms with Gasteiger partial charge in [0, 0.05) is 17.3 Å². The number of amides is 1. The number of carbonyl (C=O) groups is 1. The van der Waals surface area contributed by atoms with E-state index in [9.17, 15) is 4.79 Å². The van der Waals surface area contributed by atoms with E-state index < -0.39 is 0 Å². The van der Waals surface area contributed by atoms with Crippen LogP contribution in [0.15, 0.2) is 34.9 Å². The van der Waals surface area contributed by atoms with Crippen LogP contribution >= 0.6 is 15.9 Å². The molecular formula is C16H18BrNO2. The largest absolute Gasteiger partial charge is 0.463 e. The number of nitrogens with one attached hydrogen (secondary N) is 1. The summed E-state index contributed by atoms with van der Waals surface area (Å²) in [6, 6.07) is 7.63. The summed E-state index contributed by atoms with van der Waals surface area (Å²) in [5.41, 5.74) is 1.39. The number of rotatable bonds is 4. The van der Waals surface area contributed by atoms with Gasteiger partial charge in [-0.3, -0.25) is 4.79 Å². The van der Waals surface area contributed by atoms with Crippen LogP contribution < -0.4 is 5.32 Å². The lowest BCUT2D eigenvalue weighted by Crippen LogP contribution is -2.31. The molecule has 2 aromatic rings. The molecular weight excluding hydrogens is 318 g/mol. The molecule has 0 radical (unpaired) electrons. The van der Waals surface area contributed by atoms with Gasteiger partial charge in [0.25, 0.3) is 5.91 Å². The molecule has 1 aliphatic carbocycles. The molecule has 0 spiro atoms. The Morgan fingerprint density at radius 2 is 2.10 bits per heavy atom. The minimum absolute atomic E-state index is 0.0322. The fourth-order valence-corrected chi connectivity index (χ4v) is 3.91. The highest BCUT2D eigenvalue weighted by atomic mass is 79.9. The van der Waals surface area contributed by atoms with E-state index in [2.05, 4.69) is 21.2 Å². The fraction of sp³-hybridized carbons (Fsp3) is 0.438. The van der Waals surface area contributed by atoms with Gasteiger partial charge in [0.1, 0.15) is 11.8 Å². The number of fused-ring (bicyclic) bond motifs is 1. The summed E-state index contributed by atoms with van der Waals surface area (Å²) in [4.78, 5) is 12.3. The molecule has 1 amide bonds. The molecule has 1 aliphatic rings. The predicted molar refractivity (Wildman–Crippen MR) is 83.2 cm³/mol. The quantitative estimate of drug-likeness (QED) is 0.859. The number of para-hydroxylation sites is 1. The van der Waals surface area contributed by atoms with Crippen molar-refractivity contribution in [2.45, 2.75) is 19.3 Å². The molecule has 106 valence electrons. The van der Waals surface area contributed by atoms with Crippen LogP contribution in [0.5, 0.6) is 0 Å². The van der Waals surface area contributed by atoms with Crippen LogP contribution in [0, 0.1) is 11.8 Å². The molecule has 2 unspecified atom stereocenters. The molecule has 1 aromatic carbocycles. The van der Waals surface area contributed by atoms with Gasteiger partial charge in [0.15, 0.2) is 0 Å². The molecule has 3 nitrogen and oxygen atoms in total. The molecule has 0 saturated heterocycles. The number of hydrogen-bond acceptors (Lipinski definition) is 2. The molecule has 1 heterocycles. The summed E-state index contributed by atoms with van der Waals surface area (Å²) in [5.74, 6) is 1.25. The molecule has 4 heteroatoms. The first-order chi connectivity index (χ1) is 9.79. The first kappa shape index (κ1) is 13.7. The van der Waals surface area contributed by atoms with Crippen molar-refractivity contribution in [2.75, 3.05) is 11.9 Å². The topological polar surface area (TPSA) is 42.2 Å². The van der Waals surface area contributed by atoms with Crippen molar-refractivity contribution in [3.8, 4) is 0 Å². The summed E-state index contributed by atoms with van der Waals surface area (Å²) < 4.78 is 5.42. The van der Waals surface area contributed by atoms with E-state index in [1.54, 1.807) is 6.26 Å². The second-order valence-corrected chi connectivity index (χ2v) is 6.11. The maximum Gasteiger partial charge on any atom is 0.255 e. The fourth-order valence-electron chi connectivity index (χ4n) is 3.06. The number of furan rings is 1. The van der Waals surface area contributed by atoms with E-state index in [1.165, 1.54) is 19.3 Å². The van der Waals surface area contributed by atoms with Crippen LogP contribution in [0.2, 0.25) is 0 Å². The molecule has 3 rings (SSSR count). The number of alkyl halides is 1. The molecule has 1 N–H and O–H groups in total. The van der Waals surface area contributed by atoms with E-state index in [0.717, 1.165) is 22.8 Å². The molecule has 20 heavy (non-hydrogen) atoms. The van der Waals surface area contributed by atoms with E-state index in [-0.39, 0.29) is 5.91 Å². The summed E-state index contributed by atoms with van der Waals surface area (Å²) in [6.07, 6.45) is 5.30. The third-order valence-corrected chi connectivity index (χ3v) is 5.10. The van der Waals surface area contributed by atoms with Crippen molar-refractivity contribution in [3.63, 3.8) is 0 Å². The first-order valence-electron chi connectivity index (χ1n) is 7.10. The number of carbonyl (C=O) groups excluding carboxylic acids is 1. The third-order valence-electron chi connectivity index (χ3n) is 4.27. The zero-order valence-electron chi connectivity index (χ0n) is 11.3. The summed E-state index contributed by atoms with van der Waals surface area (Å²) in [7, 11) is 0. The zero-order chi connectivity index (χ0) is 13.9. The van der Waals surface area contributed by atoms with Crippen molar-refractivity contribution < 1.29 is 9.21 Å². The molecule has 1 saturated carbocycles. The van der Waals surface area contributed by atoms with Crippen molar-refractivity contribution in [1.82, 2.24) is 5.32 Å². The Morgan fingerprint density at radius 3 is 2.95 bits per heavy atom. The van der Waals surface area contributed by atoms with Crippen LogP contribution in [0.1, 0.15) is 29.6 Å². The summed E-state index contributed by atoms with van der Waals surface area (Å²) in [5, 5.41) is 4.98. The lowest BCUT2D eigenvalue weighted by atomic mass is 9.98. The second-order valence-electron chi connectivity index (χ2n) is 5.46. The highest BCUT2D eigenvalue weighted by molar-refractivity contribution is 9.09. The Labute approximate surface area is 126 Å². The van der Waals surface area contributed by atoms with Gasteiger partial charge in [0.2, 0.25) is 0 Å². The summed E-state index contributed by atoms with van der Waals surface area (Å²) in [6.45, 7) is 0.759. The van der Waals surface area contributed by atoms with Gasteiger partial charge in [-0.2, -0.15) is 0 Å². The minimum Gasteiger partial charge on any atom is -0.463 e. The van der Waals surface area contributed by atoms with Crippen LogP contribution in [-0.4, -0.2) is 17.8 Å². The highest BCUT2D eigenvalue weighted by Gasteiger charge is 2.26. The normalized spacial score (nSPS) is 22.2. The molecule has 0 bridgehead atoms. The second kappa shape index (κ2) is 6.00. The maximum absolute atomic E-state index is 12.3. The number of hydrogen-bond donors (Lipinski definition) is 1. The van der Waals surface area contributed by atoms with E-state index in [4.69, 9.17) is 4.42 Å². The van der Waals surface area contributed by atoms with Gasteiger partial charge in [-0.15, -0.1) is 0 Å². The van der Waals surface area contributed by atoms with E-state index in [0.29, 0.717) is 17.4 Å². The minimum atomic E-state index is -0.0322. The standard InChI is InChI=1S/C16H18BrNO2/c17-8-11-4-3-5-12(11)9-18-16(19)14-10-20-15-7-2-1-6-13(14)15/h1-2,6-7,10-12H,3-5,8-9H2,(H,18,19). The van der Waals surface area contributed by atoms with Crippen LogP contribution in [0.3, 0.4) is 0 Å². The van der Waals surface area contributed by atoms with E-state index >= 15 is 0 Å². The lowest BCUT2D eigenvalue weighted by molar-refractivity contribution is 0.0945. The number of benzene rings is 1. The Balaban J connectivity index is 1.67. The molecule has 1 fully saturated rings. The third kappa shape index (κ3) is 2.62. The van der Waals surface area contributed by atoms with E-state index in [1.807, 2.05) is 24.3 Å². The molecule has 0 aliphatic heterocycles. The Bertz CT molecular complexity index is 607. The number of halogens is 1. The average Bonchev–Trinajstić information content (AvgIpc) is 3.11. The Morgan fingerprint density at radius 1 is 1.30 bits per heavy atom. The molecule has 2 atom stereocenters. The van der Waals surface area contributed by atoms with Gasteiger partial charge in [-0.25, -0.2) is 0 Å². The predicted octanol–water partition coefficient (Wildman–Crippen LogP) is 3.97. The summed E-state index contributed by atoms with van der Waals surface area (Å²) >= 11 is 3.57. The van der Waals surface area contributed by atoms with Crippen molar-refractivity contribution in [3.05, 3.63) is 36.1 Å². The Kier molecular flexibility index (Phi) is 4.10. The van der Waals surface area contributed by atoms with Gasteiger partial charge in [-0.05, 0) is 30.7 Å². The van der Waals surface area contributed by atoms with Gasteiger partial charge < -0.3 is 9.73 Å². The monoisotopic (exact) mass is 335 g/mol. The SMILES string of the molecule is O=C(NCC1CCCC1CBr)c1coc2ccccc12. The zero-order valence-corrected chi connectivity index (χ0v) is 12.9. The van der Waals surface area contributed by atoms with Crippen LogP contribution in [-0.2, 0) is 0 Å². The van der Waals surface area contributed by atoms with Crippen LogP contribution in [0.25, 0.3) is 11.0 Å². The van der Waals surface area contributed by atoms with Crippen molar-refractivity contribution >= 4 is 32.8 Å². The smallest absolute Gasteiger partial charge is 0.255 e. The van der Waals surface area contributed by atoms with Gasteiger partial charge >= 0.3 is 0 Å². The van der Waals surface area contributed by atoms with Crippen LogP contribution in [0.4, 0.5) is 0 Å². The Hall–Kier alpha value is -1.29. The average molecular weight is 336 g/mol. The van der Waals surface area contributed by atoms with Gasteiger partial charge in [-0.1, -0.05) is 40.5 Å². The maximum atomic E-state index is 12.3. The first-order valence-corrected chi connectivity index (χ1v) is 8.22. The lowest BCUT2D eigenvalue weighted by Gasteiger charge is -2.17. The molecule has 1 aromatic heterocycles. The van der Waals surface area contributed by atoms with Crippen molar-refractivity contribution in [1.29, 1.82) is 0 Å². The van der Waals surface area contributed by atoms with Crippen molar-refractivity contribution in [2.24, 2.45) is 11.8 Å². The van der Waals surface area contributed by atoms with Gasteiger partial charge in [0.05, 0.1) is 5.56 Å². The highest BCUT2D eigenvalue weighted by Crippen LogP contribution is 2.32.